The minimum Gasteiger partial charge on any atom is -0.459 e. The molecule has 0 amide bonds. The Bertz CT molecular complexity index is 70.6. The summed E-state index contributed by atoms with van der Waals surface area (Å²) in [5.41, 5.74) is 2.90. The summed E-state index contributed by atoms with van der Waals surface area (Å²) < 4.78 is 4.89. The van der Waals surface area contributed by atoms with E-state index in [-0.39, 0.29) is 9.76 Å². The van der Waals surface area contributed by atoms with Gasteiger partial charge in [0.1, 0.15) is 10.5 Å². The van der Waals surface area contributed by atoms with E-state index < -0.39 is 0 Å². The number of hydrogen-bond acceptors (Lipinski definition) is 1. The van der Waals surface area contributed by atoms with Crippen LogP contribution in [0.5, 0.6) is 0 Å². The molecular formula is C3H8OSi2. The van der Waals surface area contributed by atoms with Gasteiger partial charge < -0.3 is 4.12 Å². The highest BCUT2D eigenvalue weighted by Gasteiger charge is 1.63. The molecule has 0 aliphatic carbocycles. The number of hydrogen-bond donors (Lipinski definition) is 0. The molecule has 0 atom stereocenters. The maximum Gasteiger partial charge on any atom is 0.228 e. The highest BCUT2D eigenvalue weighted by molar-refractivity contribution is 6.43. The maximum absolute atomic E-state index is 4.89. The molecule has 34 valence electrons. The van der Waals surface area contributed by atoms with Crippen LogP contribution in [0.4, 0.5) is 0 Å². The predicted octanol–water partition coefficient (Wildman–Crippen LogP) is -1.65. The van der Waals surface area contributed by atoms with Gasteiger partial charge in [-0.1, -0.05) is 0 Å². The minimum atomic E-state index is -0.378. The SMILES string of the molecule is CC#C[SiH2]O[SiH3]. The summed E-state index contributed by atoms with van der Waals surface area (Å²) in [5, 5.41) is 0. The highest BCUT2D eigenvalue weighted by atomic mass is 28.3. The van der Waals surface area contributed by atoms with Gasteiger partial charge >= 0.3 is 0 Å². The lowest BCUT2D eigenvalue weighted by Gasteiger charge is -1.77. The smallest absolute Gasteiger partial charge is 0.228 e. The van der Waals surface area contributed by atoms with Crippen molar-refractivity contribution in [2.24, 2.45) is 0 Å². The molecule has 0 aliphatic heterocycles. The molecular weight excluding hydrogens is 108 g/mol. The Balaban J connectivity index is 2.79. The summed E-state index contributed by atoms with van der Waals surface area (Å²) in [5.74, 6) is 2.78. The van der Waals surface area contributed by atoms with Gasteiger partial charge in [0.25, 0.3) is 0 Å². The second-order valence-electron chi connectivity index (χ2n) is 0.860. The predicted molar refractivity (Wildman–Crippen MR) is 33.0 cm³/mol. The van der Waals surface area contributed by atoms with Crippen LogP contribution in [0.3, 0.4) is 0 Å². The van der Waals surface area contributed by atoms with Crippen molar-refractivity contribution in [3.8, 4) is 11.5 Å². The average molecular weight is 116 g/mol. The van der Waals surface area contributed by atoms with Gasteiger partial charge in [-0.15, -0.1) is 11.5 Å². The van der Waals surface area contributed by atoms with Crippen molar-refractivity contribution < 1.29 is 4.12 Å². The van der Waals surface area contributed by atoms with Gasteiger partial charge in [0.2, 0.25) is 9.76 Å². The van der Waals surface area contributed by atoms with Crippen LogP contribution in [0.2, 0.25) is 0 Å². The zero-order valence-corrected chi connectivity index (χ0v) is 7.53. The first-order valence-electron chi connectivity index (χ1n) is 1.80. The van der Waals surface area contributed by atoms with E-state index in [9.17, 15) is 0 Å². The van der Waals surface area contributed by atoms with E-state index in [1.807, 2.05) is 6.92 Å². The van der Waals surface area contributed by atoms with Gasteiger partial charge in [0.05, 0.1) is 0 Å². The third-order valence-electron chi connectivity index (χ3n) is 0.393. The molecule has 0 heterocycles. The lowest BCUT2D eigenvalue weighted by atomic mass is 10.8. The van der Waals surface area contributed by atoms with Crippen LogP contribution in [0.15, 0.2) is 0 Å². The Kier molecular flexibility index (Phi) is 4.92. The molecule has 0 saturated carbocycles. The lowest BCUT2D eigenvalue weighted by Crippen LogP contribution is -1.87. The van der Waals surface area contributed by atoms with Crippen molar-refractivity contribution in [1.29, 1.82) is 0 Å². The molecule has 0 unspecified atom stereocenters. The van der Waals surface area contributed by atoms with E-state index in [0.717, 1.165) is 10.5 Å². The van der Waals surface area contributed by atoms with E-state index in [1.54, 1.807) is 0 Å². The van der Waals surface area contributed by atoms with Gasteiger partial charge in [-0.3, -0.25) is 0 Å². The molecule has 0 N–H and O–H groups in total. The van der Waals surface area contributed by atoms with Crippen LogP contribution in [-0.4, -0.2) is 20.2 Å². The summed E-state index contributed by atoms with van der Waals surface area (Å²) in [4.78, 5) is 0. The molecule has 0 aliphatic rings. The fraction of sp³-hybridized carbons (Fsp3) is 0.333. The molecule has 0 fully saturated rings. The summed E-state index contributed by atoms with van der Waals surface area (Å²) >= 11 is 0. The summed E-state index contributed by atoms with van der Waals surface area (Å²) in [6, 6.07) is 0. The molecule has 0 aromatic rings. The maximum atomic E-state index is 4.89. The fourth-order valence-corrected chi connectivity index (χ4v) is 0.866. The van der Waals surface area contributed by atoms with Crippen LogP contribution in [0.25, 0.3) is 0 Å². The first kappa shape index (κ1) is 5.95. The van der Waals surface area contributed by atoms with E-state index in [1.165, 1.54) is 0 Å². The normalized spacial score (nSPS) is 8.83. The second kappa shape index (κ2) is 4.95. The quantitative estimate of drug-likeness (QED) is 0.295. The second-order valence-corrected chi connectivity index (χ2v) is 3.81. The van der Waals surface area contributed by atoms with E-state index in [0.29, 0.717) is 0 Å². The first-order valence-corrected chi connectivity index (χ1v) is 3.90. The van der Waals surface area contributed by atoms with E-state index in [2.05, 4.69) is 11.5 Å². The first-order chi connectivity index (χ1) is 2.91. The van der Waals surface area contributed by atoms with Crippen LogP contribution in [0.1, 0.15) is 6.92 Å². The van der Waals surface area contributed by atoms with Crippen molar-refractivity contribution in [2.45, 2.75) is 6.92 Å². The largest absolute Gasteiger partial charge is 0.459 e. The molecule has 0 saturated heterocycles. The van der Waals surface area contributed by atoms with Crippen LogP contribution < -0.4 is 0 Å². The van der Waals surface area contributed by atoms with Gasteiger partial charge in [0, 0.05) is 0 Å². The Hall–Kier alpha value is -0.0462. The molecule has 1 nitrogen and oxygen atoms in total. The molecule has 0 spiro atoms. The molecule has 0 aromatic heterocycles. The Morgan fingerprint density at radius 2 is 2.50 bits per heavy atom. The molecule has 3 heteroatoms. The van der Waals surface area contributed by atoms with Gasteiger partial charge in [-0.25, -0.2) is 0 Å². The van der Waals surface area contributed by atoms with Gasteiger partial charge in [0.15, 0.2) is 0 Å². The minimum absolute atomic E-state index is 0.378. The monoisotopic (exact) mass is 116 g/mol. The van der Waals surface area contributed by atoms with Crippen molar-refractivity contribution in [2.75, 3.05) is 0 Å². The molecule has 0 rings (SSSR count). The van der Waals surface area contributed by atoms with Crippen LogP contribution in [0, 0.1) is 11.5 Å². The van der Waals surface area contributed by atoms with Crippen LogP contribution >= 0.6 is 0 Å². The third kappa shape index (κ3) is 3.95. The topological polar surface area (TPSA) is 9.23 Å². The van der Waals surface area contributed by atoms with Crippen molar-refractivity contribution in [3.63, 3.8) is 0 Å². The average Bonchev–Trinajstić information content (AvgIpc) is 1.61. The molecule has 0 bridgehead atoms. The summed E-state index contributed by atoms with van der Waals surface area (Å²) in [7, 11) is 0.485. The van der Waals surface area contributed by atoms with Gasteiger partial charge in [-0.2, -0.15) is 0 Å². The standard InChI is InChI=1S/C3H8OSi2/c1-2-3-6-4-5/h6H2,1,5H3. The molecule has 6 heavy (non-hydrogen) atoms. The zero-order valence-electron chi connectivity index (χ0n) is 4.12. The fourth-order valence-electron chi connectivity index (χ4n) is 0.144. The Labute approximate surface area is 43.6 Å². The lowest BCUT2D eigenvalue weighted by molar-refractivity contribution is 0.678. The van der Waals surface area contributed by atoms with Crippen molar-refractivity contribution >= 4 is 20.2 Å². The molecule has 0 radical (unpaired) electrons. The summed E-state index contributed by atoms with van der Waals surface area (Å²) in [6.45, 7) is 1.84. The molecule has 0 aromatic carbocycles. The zero-order chi connectivity index (χ0) is 4.83. The van der Waals surface area contributed by atoms with E-state index >= 15 is 0 Å². The third-order valence-corrected chi connectivity index (χ3v) is 2.05. The van der Waals surface area contributed by atoms with Crippen LogP contribution in [-0.2, 0) is 4.12 Å². The summed E-state index contributed by atoms with van der Waals surface area (Å²) in [6.07, 6.45) is 0. The Morgan fingerprint density at radius 1 is 1.83 bits per heavy atom. The van der Waals surface area contributed by atoms with E-state index in [4.69, 9.17) is 4.12 Å². The van der Waals surface area contributed by atoms with Crippen molar-refractivity contribution in [3.05, 3.63) is 0 Å². The highest BCUT2D eigenvalue weighted by Crippen LogP contribution is 1.51. The number of rotatable bonds is 1. The van der Waals surface area contributed by atoms with Gasteiger partial charge in [-0.05, 0) is 6.92 Å². The van der Waals surface area contributed by atoms with Crippen molar-refractivity contribution in [1.82, 2.24) is 0 Å². The Morgan fingerprint density at radius 3 is 2.67 bits per heavy atom.